The zero-order valence-electron chi connectivity index (χ0n) is 15.8. The summed E-state index contributed by atoms with van der Waals surface area (Å²) < 4.78 is 0. The van der Waals surface area contributed by atoms with Gasteiger partial charge in [0.25, 0.3) is 0 Å². The van der Waals surface area contributed by atoms with Crippen molar-refractivity contribution in [1.29, 1.82) is 0 Å². The van der Waals surface area contributed by atoms with Gasteiger partial charge in [0.1, 0.15) is 0 Å². The molecule has 0 aromatic heterocycles. The number of rotatable bonds is 2. The molecule has 1 fully saturated rings. The van der Waals surface area contributed by atoms with Crippen molar-refractivity contribution in [3.05, 3.63) is 53.1 Å². The molecule has 0 N–H and O–H groups in total. The molecule has 2 heteroatoms. The van der Waals surface area contributed by atoms with E-state index in [1.165, 1.54) is 36.8 Å². The van der Waals surface area contributed by atoms with Gasteiger partial charge in [-0.3, -0.25) is 0 Å². The van der Waals surface area contributed by atoms with Crippen molar-refractivity contribution in [1.82, 2.24) is 0 Å². The largest absolute Gasteiger partial charge is 0.194 e. The molecule has 0 radical (unpaired) electrons. The van der Waals surface area contributed by atoms with Crippen molar-refractivity contribution >= 4 is 23.1 Å². The number of nitrogens with zero attached hydrogens (tertiary/aromatic N) is 1. The topological polar surface area (TPSA) is 12.4 Å². The Bertz CT molecular complexity index is 861. The van der Waals surface area contributed by atoms with Crippen LogP contribution >= 0.6 is 12.2 Å². The highest BCUT2D eigenvalue weighted by atomic mass is 32.1. The Morgan fingerprint density at radius 2 is 1.54 bits per heavy atom. The Kier molecular flexibility index (Phi) is 6.04. The molecule has 2 aromatic carbocycles. The lowest BCUT2D eigenvalue weighted by Crippen LogP contribution is -2.10. The Morgan fingerprint density at radius 3 is 2.12 bits per heavy atom. The standard InChI is InChI=1S/C24H25NS/c1-17-4-6-20(7-5-17)8-9-21-10-12-22(13-11-21)23-14-18(2)24(25-16-26)19(3)15-23/h10-15,17,20H,4-7H2,1-3H3. The van der Waals surface area contributed by atoms with Crippen molar-refractivity contribution < 1.29 is 0 Å². The van der Waals surface area contributed by atoms with Crippen LogP contribution in [0, 0.1) is 37.5 Å². The van der Waals surface area contributed by atoms with Gasteiger partial charge in [0.2, 0.25) is 0 Å². The summed E-state index contributed by atoms with van der Waals surface area (Å²) in [6, 6.07) is 12.9. The molecular formula is C24H25NS. The van der Waals surface area contributed by atoms with Crippen LogP contribution in [-0.4, -0.2) is 5.16 Å². The minimum atomic E-state index is 0.575. The van der Waals surface area contributed by atoms with Gasteiger partial charge in [-0.2, -0.15) is 4.99 Å². The molecule has 2 aromatic rings. The summed E-state index contributed by atoms with van der Waals surface area (Å²) in [5.74, 6) is 8.30. The summed E-state index contributed by atoms with van der Waals surface area (Å²) >= 11 is 4.74. The van der Waals surface area contributed by atoms with E-state index >= 15 is 0 Å². The third-order valence-electron chi connectivity index (χ3n) is 5.30. The molecule has 26 heavy (non-hydrogen) atoms. The van der Waals surface area contributed by atoms with Crippen molar-refractivity contribution in [2.75, 3.05) is 0 Å². The minimum absolute atomic E-state index is 0.575. The first-order valence-electron chi connectivity index (χ1n) is 9.38. The summed E-state index contributed by atoms with van der Waals surface area (Å²) in [4.78, 5) is 4.17. The number of hydrogen-bond donors (Lipinski definition) is 0. The Balaban J connectivity index is 1.77. The molecule has 0 amide bonds. The fourth-order valence-electron chi connectivity index (χ4n) is 3.68. The molecule has 0 saturated heterocycles. The van der Waals surface area contributed by atoms with Crippen LogP contribution in [0.15, 0.2) is 41.4 Å². The normalized spacial score (nSPS) is 19.2. The molecule has 1 saturated carbocycles. The van der Waals surface area contributed by atoms with Gasteiger partial charge < -0.3 is 0 Å². The van der Waals surface area contributed by atoms with Crippen molar-refractivity contribution in [2.24, 2.45) is 16.8 Å². The van der Waals surface area contributed by atoms with Gasteiger partial charge in [0.15, 0.2) is 0 Å². The second-order valence-corrected chi connectivity index (χ2v) is 7.65. The minimum Gasteiger partial charge on any atom is -0.194 e. The molecule has 0 spiro atoms. The molecule has 1 aliphatic carbocycles. The number of thiocarbonyl (C=S) groups is 1. The zero-order chi connectivity index (χ0) is 18.5. The number of hydrogen-bond acceptors (Lipinski definition) is 2. The predicted molar refractivity (Wildman–Crippen MR) is 114 cm³/mol. The summed E-state index contributed by atoms with van der Waals surface area (Å²) in [7, 11) is 0. The highest BCUT2D eigenvalue weighted by Crippen LogP contribution is 2.30. The van der Waals surface area contributed by atoms with Crippen LogP contribution in [0.3, 0.4) is 0 Å². The summed E-state index contributed by atoms with van der Waals surface area (Å²) in [5, 5.41) is 2.47. The molecular weight excluding hydrogens is 334 g/mol. The van der Waals surface area contributed by atoms with E-state index in [-0.39, 0.29) is 0 Å². The smallest absolute Gasteiger partial charge is 0.0798 e. The summed E-state index contributed by atoms with van der Waals surface area (Å²) in [6.45, 7) is 6.47. The molecule has 0 unspecified atom stereocenters. The predicted octanol–water partition coefficient (Wildman–Crippen LogP) is 6.88. The maximum Gasteiger partial charge on any atom is 0.0798 e. The second-order valence-electron chi connectivity index (χ2n) is 7.47. The number of aryl methyl sites for hydroxylation is 2. The van der Waals surface area contributed by atoms with Gasteiger partial charge in [-0.05, 0) is 104 Å². The van der Waals surface area contributed by atoms with E-state index in [9.17, 15) is 0 Å². The third kappa shape index (κ3) is 4.50. The molecule has 0 atom stereocenters. The van der Waals surface area contributed by atoms with E-state index in [2.05, 4.69) is 79.2 Å². The molecule has 0 aliphatic heterocycles. The van der Waals surface area contributed by atoms with Gasteiger partial charge >= 0.3 is 0 Å². The highest BCUT2D eigenvalue weighted by Gasteiger charge is 2.15. The van der Waals surface area contributed by atoms with Crippen LogP contribution in [0.5, 0.6) is 0 Å². The van der Waals surface area contributed by atoms with E-state index in [1.807, 2.05) is 0 Å². The lowest BCUT2D eigenvalue weighted by Gasteiger charge is -2.21. The average Bonchev–Trinajstić information content (AvgIpc) is 2.64. The van der Waals surface area contributed by atoms with Crippen molar-refractivity contribution in [3.8, 4) is 23.0 Å². The first kappa shape index (κ1) is 18.6. The van der Waals surface area contributed by atoms with Crippen LogP contribution < -0.4 is 0 Å². The van der Waals surface area contributed by atoms with Crippen molar-refractivity contribution in [3.63, 3.8) is 0 Å². The zero-order valence-corrected chi connectivity index (χ0v) is 16.6. The molecule has 132 valence electrons. The van der Waals surface area contributed by atoms with E-state index in [1.54, 1.807) is 0 Å². The number of aliphatic imine (C=N–C) groups is 1. The van der Waals surface area contributed by atoms with Gasteiger partial charge in [-0.15, -0.1) is 0 Å². The van der Waals surface area contributed by atoms with Gasteiger partial charge in [0.05, 0.1) is 10.8 Å². The van der Waals surface area contributed by atoms with Crippen LogP contribution in [-0.2, 0) is 0 Å². The molecule has 0 bridgehead atoms. The Morgan fingerprint density at radius 1 is 0.923 bits per heavy atom. The fourth-order valence-corrected chi connectivity index (χ4v) is 3.77. The molecule has 1 nitrogen and oxygen atoms in total. The van der Waals surface area contributed by atoms with Gasteiger partial charge in [-0.25, -0.2) is 0 Å². The first-order chi connectivity index (χ1) is 12.6. The maximum absolute atomic E-state index is 4.74. The Labute approximate surface area is 162 Å². The van der Waals surface area contributed by atoms with Crippen LogP contribution in [0.1, 0.15) is 49.3 Å². The van der Waals surface area contributed by atoms with E-state index in [0.29, 0.717) is 5.92 Å². The molecule has 3 rings (SSSR count). The second kappa shape index (κ2) is 8.45. The van der Waals surface area contributed by atoms with Crippen LogP contribution in [0.25, 0.3) is 11.1 Å². The first-order valence-corrected chi connectivity index (χ1v) is 9.78. The number of isothiocyanates is 1. The van der Waals surface area contributed by atoms with E-state index in [0.717, 1.165) is 28.3 Å². The SMILES string of the molecule is Cc1cc(-c2ccc(C#CC3CCC(C)CC3)cc2)cc(C)c1N=C=S. The third-order valence-corrected chi connectivity index (χ3v) is 5.39. The van der Waals surface area contributed by atoms with E-state index < -0.39 is 0 Å². The Hall–Kier alpha value is -2.20. The average molecular weight is 360 g/mol. The van der Waals surface area contributed by atoms with Crippen LogP contribution in [0.4, 0.5) is 5.69 Å². The molecule has 1 aliphatic rings. The fraction of sp³-hybridized carbons (Fsp3) is 0.375. The van der Waals surface area contributed by atoms with Crippen LogP contribution in [0.2, 0.25) is 0 Å². The highest BCUT2D eigenvalue weighted by molar-refractivity contribution is 7.78. The lowest BCUT2D eigenvalue weighted by molar-refractivity contribution is 0.337. The lowest BCUT2D eigenvalue weighted by atomic mass is 9.83. The molecule has 0 heterocycles. The quantitative estimate of drug-likeness (QED) is 0.323. The number of benzene rings is 2. The maximum atomic E-state index is 4.74. The summed E-state index contributed by atoms with van der Waals surface area (Å²) in [5.41, 5.74) is 6.66. The van der Waals surface area contributed by atoms with E-state index in [4.69, 9.17) is 12.2 Å². The van der Waals surface area contributed by atoms with Gasteiger partial charge in [-0.1, -0.05) is 30.9 Å². The van der Waals surface area contributed by atoms with Crippen molar-refractivity contribution in [2.45, 2.75) is 46.5 Å². The monoisotopic (exact) mass is 359 g/mol. The summed E-state index contributed by atoms with van der Waals surface area (Å²) in [6.07, 6.45) is 5.14. The van der Waals surface area contributed by atoms with Gasteiger partial charge in [0, 0.05) is 11.5 Å².